The van der Waals surface area contributed by atoms with Crippen molar-refractivity contribution in [2.24, 2.45) is 0 Å². The van der Waals surface area contributed by atoms with Crippen LogP contribution in [0, 0.1) is 0 Å². The van der Waals surface area contributed by atoms with E-state index in [0.29, 0.717) is 21.3 Å². The highest BCUT2D eigenvalue weighted by molar-refractivity contribution is 6.42. The Kier molecular flexibility index (Phi) is 6.28. The van der Waals surface area contributed by atoms with Crippen LogP contribution in [0.3, 0.4) is 0 Å². The number of hydrogen-bond donors (Lipinski definition) is 0. The summed E-state index contributed by atoms with van der Waals surface area (Å²) >= 11 is 12.2. The Labute approximate surface area is 187 Å². The zero-order valence-electron chi connectivity index (χ0n) is 16.8. The van der Waals surface area contributed by atoms with E-state index in [-0.39, 0.29) is 5.91 Å². The maximum Gasteiger partial charge on any atom is 0.262 e. The van der Waals surface area contributed by atoms with Crippen LogP contribution in [-0.4, -0.2) is 44.0 Å². The smallest absolute Gasteiger partial charge is 0.262 e. The molecule has 0 N–H and O–H groups in total. The van der Waals surface area contributed by atoms with Gasteiger partial charge in [0.15, 0.2) is 0 Å². The van der Waals surface area contributed by atoms with Crippen molar-refractivity contribution < 1.29 is 4.79 Å². The number of allylic oxidation sites excluding steroid dienone is 2. The van der Waals surface area contributed by atoms with Crippen LogP contribution in [0.25, 0.3) is 6.08 Å². The van der Waals surface area contributed by atoms with Crippen molar-refractivity contribution in [2.75, 3.05) is 43.0 Å². The average Bonchev–Trinajstić information content (AvgIpc) is 2.93. The van der Waals surface area contributed by atoms with Crippen LogP contribution in [-0.2, 0) is 4.79 Å². The lowest BCUT2D eigenvalue weighted by molar-refractivity contribution is -0.114. The maximum absolute atomic E-state index is 13.3. The number of likely N-dealkylation sites (N-methyl/N-ethyl adjacent to an activating group) is 1. The molecule has 2 aliphatic heterocycles. The summed E-state index contributed by atoms with van der Waals surface area (Å²) in [5.74, 6) is -0.119. The number of piperazine rings is 1. The number of amides is 1. The molecule has 0 bridgehead atoms. The molecule has 2 aromatic rings. The fourth-order valence-corrected chi connectivity index (χ4v) is 3.93. The fourth-order valence-electron chi connectivity index (χ4n) is 3.63. The lowest BCUT2D eigenvalue weighted by atomic mass is 10.1. The molecule has 0 atom stereocenters. The molecule has 0 aromatic heterocycles. The second-order valence-corrected chi connectivity index (χ2v) is 8.24. The number of carbonyl (C=O) groups is 1. The molecule has 4 nitrogen and oxygen atoms in total. The normalized spacial score (nSPS) is 18.9. The predicted molar refractivity (Wildman–Crippen MR) is 126 cm³/mol. The molecule has 0 saturated carbocycles. The summed E-state index contributed by atoms with van der Waals surface area (Å²) < 4.78 is 0. The SMILES string of the molecule is CN1CCN(c2ccccc2C=C2C=CC=CN(c3ccc(Cl)c(Cl)c3)C2=O)CC1. The maximum atomic E-state index is 13.3. The number of benzene rings is 2. The van der Waals surface area contributed by atoms with Crippen molar-refractivity contribution in [3.8, 4) is 0 Å². The van der Waals surface area contributed by atoms with E-state index in [9.17, 15) is 4.79 Å². The number of anilines is 2. The molecule has 1 amide bonds. The predicted octanol–water partition coefficient (Wildman–Crippen LogP) is 5.25. The topological polar surface area (TPSA) is 26.8 Å². The Morgan fingerprint density at radius 2 is 1.70 bits per heavy atom. The van der Waals surface area contributed by atoms with Gasteiger partial charge in [-0.05, 0) is 55.1 Å². The van der Waals surface area contributed by atoms with Crippen molar-refractivity contribution in [1.82, 2.24) is 4.90 Å². The highest BCUT2D eigenvalue weighted by Gasteiger charge is 2.21. The Morgan fingerprint density at radius 3 is 2.47 bits per heavy atom. The third-order valence-corrected chi connectivity index (χ3v) is 6.10. The summed E-state index contributed by atoms with van der Waals surface area (Å²) in [5, 5.41) is 0.875. The van der Waals surface area contributed by atoms with Gasteiger partial charge < -0.3 is 9.80 Å². The van der Waals surface area contributed by atoms with Crippen LogP contribution in [0.15, 0.2) is 72.5 Å². The molecule has 1 fully saturated rings. The molecule has 154 valence electrons. The van der Waals surface area contributed by atoms with Gasteiger partial charge in [0, 0.05) is 43.6 Å². The van der Waals surface area contributed by atoms with Gasteiger partial charge in [-0.3, -0.25) is 9.69 Å². The number of carbonyl (C=O) groups excluding carboxylic acids is 1. The standard InChI is InChI=1S/C24H23Cl2N3O/c1-27-12-14-28(15-13-27)23-8-3-2-6-18(23)16-19-7-4-5-11-29(24(19)30)20-9-10-21(25)22(26)17-20/h2-11,16-17H,12-15H2,1H3. The van der Waals surface area contributed by atoms with E-state index in [1.54, 1.807) is 29.3 Å². The lowest BCUT2D eigenvalue weighted by Crippen LogP contribution is -2.44. The van der Waals surface area contributed by atoms with E-state index < -0.39 is 0 Å². The highest BCUT2D eigenvalue weighted by Crippen LogP contribution is 2.30. The number of halogens is 2. The van der Waals surface area contributed by atoms with Crippen LogP contribution in [0.1, 0.15) is 5.56 Å². The molecule has 0 aliphatic carbocycles. The summed E-state index contributed by atoms with van der Waals surface area (Å²) in [6.45, 7) is 3.99. The third-order valence-electron chi connectivity index (χ3n) is 5.36. The zero-order chi connectivity index (χ0) is 21.1. The van der Waals surface area contributed by atoms with Crippen LogP contribution in [0.5, 0.6) is 0 Å². The molecule has 0 unspecified atom stereocenters. The molecule has 1 saturated heterocycles. The van der Waals surface area contributed by atoms with Crippen LogP contribution < -0.4 is 9.80 Å². The number of rotatable bonds is 3. The largest absolute Gasteiger partial charge is 0.368 e. The van der Waals surface area contributed by atoms with Gasteiger partial charge in [0.2, 0.25) is 0 Å². The minimum Gasteiger partial charge on any atom is -0.368 e. The summed E-state index contributed by atoms with van der Waals surface area (Å²) in [6.07, 6.45) is 9.26. The van der Waals surface area contributed by atoms with Gasteiger partial charge >= 0.3 is 0 Å². The Morgan fingerprint density at radius 1 is 0.933 bits per heavy atom. The second-order valence-electron chi connectivity index (χ2n) is 7.42. The molecule has 2 heterocycles. The lowest BCUT2D eigenvalue weighted by Gasteiger charge is -2.35. The van der Waals surface area contributed by atoms with Crippen molar-refractivity contribution >= 4 is 46.6 Å². The van der Waals surface area contributed by atoms with Gasteiger partial charge in [0.25, 0.3) is 5.91 Å². The number of para-hydroxylation sites is 1. The monoisotopic (exact) mass is 439 g/mol. The summed E-state index contributed by atoms with van der Waals surface area (Å²) in [7, 11) is 2.14. The molecule has 30 heavy (non-hydrogen) atoms. The first-order valence-corrected chi connectivity index (χ1v) is 10.7. The van der Waals surface area contributed by atoms with Crippen LogP contribution in [0.2, 0.25) is 10.0 Å². The second kappa shape index (κ2) is 9.09. The zero-order valence-corrected chi connectivity index (χ0v) is 18.3. The van der Waals surface area contributed by atoms with E-state index in [1.807, 2.05) is 36.4 Å². The van der Waals surface area contributed by atoms with E-state index in [2.05, 4.69) is 29.0 Å². The van der Waals surface area contributed by atoms with Crippen molar-refractivity contribution in [3.05, 3.63) is 88.1 Å². The first-order valence-electron chi connectivity index (χ1n) is 9.90. The van der Waals surface area contributed by atoms with Gasteiger partial charge in [-0.1, -0.05) is 47.5 Å². The molecular weight excluding hydrogens is 417 g/mol. The van der Waals surface area contributed by atoms with Crippen molar-refractivity contribution in [3.63, 3.8) is 0 Å². The molecule has 0 radical (unpaired) electrons. The highest BCUT2D eigenvalue weighted by atomic mass is 35.5. The van der Waals surface area contributed by atoms with Gasteiger partial charge in [0.05, 0.1) is 15.7 Å². The van der Waals surface area contributed by atoms with Gasteiger partial charge in [-0.15, -0.1) is 0 Å². The quantitative estimate of drug-likeness (QED) is 0.611. The summed E-state index contributed by atoms with van der Waals surface area (Å²) in [5.41, 5.74) is 3.46. The Bertz CT molecular complexity index is 1040. The Hall–Kier alpha value is -2.53. The van der Waals surface area contributed by atoms with Crippen LogP contribution in [0.4, 0.5) is 11.4 Å². The van der Waals surface area contributed by atoms with E-state index >= 15 is 0 Å². The van der Waals surface area contributed by atoms with Crippen molar-refractivity contribution in [1.29, 1.82) is 0 Å². The summed E-state index contributed by atoms with van der Waals surface area (Å²) in [6, 6.07) is 13.4. The summed E-state index contributed by atoms with van der Waals surface area (Å²) in [4.78, 5) is 19.6. The molecule has 2 aliphatic rings. The van der Waals surface area contributed by atoms with E-state index in [1.165, 1.54) is 0 Å². The van der Waals surface area contributed by atoms with E-state index in [4.69, 9.17) is 23.2 Å². The third kappa shape index (κ3) is 4.46. The molecule has 6 heteroatoms. The first kappa shape index (κ1) is 20.7. The fraction of sp³-hybridized carbons (Fsp3) is 0.208. The molecule has 2 aromatic carbocycles. The molecule has 0 spiro atoms. The number of nitrogens with zero attached hydrogens (tertiary/aromatic N) is 3. The van der Waals surface area contributed by atoms with Gasteiger partial charge in [0.1, 0.15) is 0 Å². The van der Waals surface area contributed by atoms with Gasteiger partial charge in [-0.2, -0.15) is 0 Å². The Balaban J connectivity index is 1.66. The minimum absolute atomic E-state index is 0.119. The average molecular weight is 440 g/mol. The molecule has 4 rings (SSSR count). The first-order chi connectivity index (χ1) is 14.5. The van der Waals surface area contributed by atoms with Gasteiger partial charge in [-0.25, -0.2) is 0 Å². The van der Waals surface area contributed by atoms with Crippen molar-refractivity contribution in [2.45, 2.75) is 0 Å². The van der Waals surface area contributed by atoms with E-state index in [0.717, 1.165) is 37.4 Å². The molecular formula is C24H23Cl2N3O. The minimum atomic E-state index is -0.119. The van der Waals surface area contributed by atoms with Crippen LogP contribution >= 0.6 is 23.2 Å². The number of hydrogen-bond acceptors (Lipinski definition) is 3.